The van der Waals surface area contributed by atoms with Gasteiger partial charge in [0.1, 0.15) is 0 Å². The minimum atomic E-state index is 0.588. The quantitative estimate of drug-likeness (QED) is 0.853. The van der Waals surface area contributed by atoms with E-state index >= 15 is 0 Å². The fraction of sp³-hybridized carbons (Fsp3) is 0.556. The Hall–Kier alpha value is -1.12. The second-order valence-electron chi connectivity index (χ2n) is 6.28. The van der Waals surface area contributed by atoms with Crippen LogP contribution in [0.2, 0.25) is 0 Å². The minimum Gasteiger partial charge on any atom is -0.314 e. The zero-order valence-corrected chi connectivity index (χ0v) is 12.9. The Kier molecular flexibility index (Phi) is 5.81. The molecule has 1 fully saturated rings. The van der Waals surface area contributed by atoms with Crippen molar-refractivity contribution in [1.82, 2.24) is 10.2 Å². The Bertz CT molecular complexity index is 411. The molecule has 1 unspecified atom stereocenters. The average molecular weight is 272 g/mol. The van der Waals surface area contributed by atoms with Crippen molar-refractivity contribution in [3.05, 3.63) is 42.5 Å². The molecule has 1 N–H and O–H groups in total. The largest absolute Gasteiger partial charge is 0.314 e. The number of hydrogen-bond donors (Lipinski definition) is 1. The van der Waals surface area contributed by atoms with Gasteiger partial charge in [-0.05, 0) is 43.0 Å². The molecule has 1 aromatic rings. The molecule has 2 rings (SSSR count). The number of nitrogens with zero attached hydrogens (tertiary/aromatic N) is 1. The van der Waals surface area contributed by atoms with Crippen LogP contribution in [0.4, 0.5) is 0 Å². The smallest absolute Gasteiger partial charge is 0.0233 e. The molecule has 0 spiro atoms. The summed E-state index contributed by atoms with van der Waals surface area (Å²) in [6.07, 6.45) is 2.67. The highest BCUT2D eigenvalue weighted by atomic mass is 15.1. The molecule has 110 valence electrons. The SMILES string of the molecule is C=C(CN1CCCC(CNC(C)C)C1)c1ccccc1. The Morgan fingerprint density at radius 2 is 2.10 bits per heavy atom. The summed E-state index contributed by atoms with van der Waals surface area (Å²) in [6, 6.07) is 11.1. The number of nitrogens with one attached hydrogen (secondary N) is 1. The van der Waals surface area contributed by atoms with Gasteiger partial charge < -0.3 is 5.32 Å². The lowest BCUT2D eigenvalue weighted by molar-refractivity contribution is 0.189. The maximum absolute atomic E-state index is 4.26. The number of piperidine rings is 1. The third-order valence-electron chi connectivity index (χ3n) is 4.01. The maximum atomic E-state index is 4.26. The van der Waals surface area contributed by atoms with Crippen molar-refractivity contribution in [3.8, 4) is 0 Å². The normalized spacial score (nSPS) is 20.2. The second kappa shape index (κ2) is 7.61. The standard InChI is InChI=1S/C18H28N2/c1-15(2)19-12-17-8-7-11-20(14-17)13-16(3)18-9-5-4-6-10-18/h4-6,9-10,15,17,19H,3,7-8,11-14H2,1-2H3. The molecule has 1 aliphatic heterocycles. The Morgan fingerprint density at radius 1 is 1.35 bits per heavy atom. The molecule has 0 aromatic heterocycles. The van der Waals surface area contributed by atoms with Gasteiger partial charge in [-0.15, -0.1) is 0 Å². The lowest BCUT2D eigenvalue weighted by Crippen LogP contribution is -2.41. The first-order chi connectivity index (χ1) is 9.65. The zero-order chi connectivity index (χ0) is 14.4. The summed E-state index contributed by atoms with van der Waals surface area (Å²) in [4.78, 5) is 2.56. The molecule has 0 aliphatic carbocycles. The van der Waals surface area contributed by atoms with Crippen LogP contribution < -0.4 is 5.32 Å². The summed E-state index contributed by atoms with van der Waals surface area (Å²) in [5.41, 5.74) is 2.51. The van der Waals surface area contributed by atoms with Crippen LogP contribution in [0.15, 0.2) is 36.9 Å². The first kappa shape index (κ1) is 15.3. The Morgan fingerprint density at radius 3 is 2.80 bits per heavy atom. The second-order valence-corrected chi connectivity index (χ2v) is 6.28. The third kappa shape index (κ3) is 4.77. The molecule has 0 saturated carbocycles. The zero-order valence-electron chi connectivity index (χ0n) is 12.9. The lowest BCUT2D eigenvalue weighted by Gasteiger charge is -2.33. The molecule has 0 amide bonds. The van der Waals surface area contributed by atoms with Gasteiger partial charge in [0.15, 0.2) is 0 Å². The first-order valence-corrected chi connectivity index (χ1v) is 7.84. The van der Waals surface area contributed by atoms with E-state index in [1.807, 2.05) is 0 Å². The lowest BCUT2D eigenvalue weighted by atomic mass is 9.96. The summed E-state index contributed by atoms with van der Waals surface area (Å²) >= 11 is 0. The molecule has 1 aromatic carbocycles. The summed E-state index contributed by atoms with van der Waals surface area (Å²) in [7, 11) is 0. The van der Waals surface area contributed by atoms with Crippen molar-refractivity contribution in [3.63, 3.8) is 0 Å². The molecule has 1 heterocycles. The van der Waals surface area contributed by atoms with Crippen molar-refractivity contribution in [1.29, 1.82) is 0 Å². The molecule has 1 saturated heterocycles. The molecule has 2 heteroatoms. The van der Waals surface area contributed by atoms with Crippen molar-refractivity contribution in [2.24, 2.45) is 5.92 Å². The van der Waals surface area contributed by atoms with Crippen molar-refractivity contribution >= 4 is 5.57 Å². The number of likely N-dealkylation sites (tertiary alicyclic amines) is 1. The van der Waals surface area contributed by atoms with Gasteiger partial charge in [-0.2, -0.15) is 0 Å². The number of benzene rings is 1. The van der Waals surface area contributed by atoms with Gasteiger partial charge in [-0.3, -0.25) is 4.90 Å². The van der Waals surface area contributed by atoms with Crippen LogP contribution in [-0.4, -0.2) is 37.1 Å². The molecular weight excluding hydrogens is 244 g/mol. The van der Waals surface area contributed by atoms with E-state index in [1.54, 1.807) is 0 Å². The van der Waals surface area contributed by atoms with Crippen LogP contribution >= 0.6 is 0 Å². The summed E-state index contributed by atoms with van der Waals surface area (Å²) < 4.78 is 0. The van der Waals surface area contributed by atoms with Crippen LogP contribution in [0.3, 0.4) is 0 Å². The maximum Gasteiger partial charge on any atom is 0.0233 e. The molecule has 20 heavy (non-hydrogen) atoms. The predicted molar refractivity (Wildman–Crippen MR) is 87.8 cm³/mol. The van der Waals surface area contributed by atoms with Gasteiger partial charge in [0, 0.05) is 19.1 Å². The van der Waals surface area contributed by atoms with Gasteiger partial charge in [0.05, 0.1) is 0 Å². The Labute approximate surface area is 123 Å². The fourth-order valence-electron chi connectivity index (χ4n) is 2.90. The number of hydrogen-bond acceptors (Lipinski definition) is 2. The van der Waals surface area contributed by atoms with E-state index in [4.69, 9.17) is 0 Å². The van der Waals surface area contributed by atoms with Gasteiger partial charge in [0.25, 0.3) is 0 Å². The molecular formula is C18H28N2. The highest BCUT2D eigenvalue weighted by molar-refractivity contribution is 5.64. The topological polar surface area (TPSA) is 15.3 Å². The molecule has 0 bridgehead atoms. The predicted octanol–water partition coefficient (Wildman–Crippen LogP) is 3.41. The van der Waals surface area contributed by atoms with Crippen molar-refractivity contribution in [2.75, 3.05) is 26.2 Å². The van der Waals surface area contributed by atoms with Crippen molar-refractivity contribution in [2.45, 2.75) is 32.7 Å². The molecule has 1 aliphatic rings. The van der Waals surface area contributed by atoms with Crippen LogP contribution in [0.25, 0.3) is 5.57 Å². The van der Waals surface area contributed by atoms with Gasteiger partial charge in [-0.1, -0.05) is 50.8 Å². The van der Waals surface area contributed by atoms with E-state index in [9.17, 15) is 0 Å². The van der Waals surface area contributed by atoms with E-state index in [-0.39, 0.29) is 0 Å². The summed E-state index contributed by atoms with van der Waals surface area (Å²) in [5, 5.41) is 3.57. The summed E-state index contributed by atoms with van der Waals surface area (Å²) in [5.74, 6) is 0.787. The van der Waals surface area contributed by atoms with Crippen LogP contribution in [0.1, 0.15) is 32.3 Å². The van der Waals surface area contributed by atoms with E-state index in [0.717, 1.165) is 19.0 Å². The van der Waals surface area contributed by atoms with Crippen LogP contribution in [0.5, 0.6) is 0 Å². The van der Waals surface area contributed by atoms with E-state index < -0.39 is 0 Å². The Balaban J connectivity index is 1.82. The fourth-order valence-corrected chi connectivity index (χ4v) is 2.90. The highest BCUT2D eigenvalue weighted by Gasteiger charge is 2.20. The van der Waals surface area contributed by atoms with Crippen LogP contribution in [0, 0.1) is 5.92 Å². The van der Waals surface area contributed by atoms with Gasteiger partial charge in [0.2, 0.25) is 0 Å². The number of rotatable bonds is 6. The molecule has 0 radical (unpaired) electrons. The highest BCUT2D eigenvalue weighted by Crippen LogP contribution is 2.20. The van der Waals surface area contributed by atoms with Crippen LogP contribution in [-0.2, 0) is 0 Å². The van der Waals surface area contributed by atoms with Crippen molar-refractivity contribution < 1.29 is 0 Å². The molecule has 2 nitrogen and oxygen atoms in total. The third-order valence-corrected chi connectivity index (χ3v) is 4.01. The molecule has 1 atom stereocenters. The average Bonchev–Trinajstić information content (AvgIpc) is 2.46. The first-order valence-electron chi connectivity index (χ1n) is 7.84. The summed E-state index contributed by atoms with van der Waals surface area (Å²) in [6.45, 7) is 13.3. The van der Waals surface area contributed by atoms with Gasteiger partial charge >= 0.3 is 0 Å². The van der Waals surface area contributed by atoms with E-state index in [1.165, 1.54) is 37.1 Å². The van der Waals surface area contributed by atoms with E-state index in [0.29, 0.717) is 6.04 Å². The monoisotopic (exact) mass is 272 g/mol. The van der Waals surface area contributed by atoms with E-state index in [2.05, 4.69) is 61.0 Å². The minimum absolute atomic E-state index is 0.588. The van der Waals surface area contributed by atoms with Gasteiger partial charge in [-0.25, -0.2) is 0 Å².